The third-order valence-corrected chi connectivity index (χ3v) is 3.95. The molecule has 1 unspecified atom stereocenters. The number of nitrogens with one attached hydrogen (secondary N) is 1. The van der Waals surface area contributed by atoms with E-state index in [1.54, 1.807) is 11.5 Å². The van der Waals surface area contributed by atoms with Gasteiger partial charge in [0, 0.05) is 6.04 Å². The minimum absolute atomic E-state index is 0.434. The fourth-order valence-electron chi connectivity index (χ4n) is 2.03. The van der Waals surface area contributed by atoms with Crippen LogP contribution in [0.1, 0.15) is 75.4 Å². The lowest BCUT2D eigenvalue weighted by Gasteiger charge is -2.16. The number of rotatable bonds is 8. The van der Waals surface area contributed by atoms with E-state index in [9.17, 15) is 0 Å². The second kappa shape index (κ2) is 7.77. The molecule has 0 aliphatic rings. The van der Waals surface area contributed by atoms with Crippen molar-refractivity contribution in [3.8, 4) is 0 Å². The van der Waals surface area contributed by atoms with Crippen LogP contribution in [0.5, 0.6) is 0 Å². The van der Waals surface area contributed by atoms with Crippen LogP contribution in [-0.2, 0) is 0 Å². The van der Waals surface area contributed by atoms with Gasteiger partial charge in [-0.2, -0.15) is 0 Å². The highest BCUT2D eigenvalue weighted by atomic mass is 32.1. The summed E-state index contributed by atoms with van der Waals surface area (Å²) in [6.45, 7) is 6.62. The summed E-state index contributed by atoms with van der Waals surface area (Å²) in [5.41, 5.74) is 1.17. The molecule has 0 saturated carbocycles. The fourth-order valence-corrected chi connectivity index (χ4v) is 2.98. The van der Waals surface area contributed by atoms with Crippen LogP contribution in [0, 0.1) is 0 Å². The summed E-state index contributed by atoms with van der Waals surface area (Å²) >= 11 is 1.55. The molecule has 1 atom stereocenters. The molecule has 1 aromatic rings. The van der Waals surface area contributed by atoms with Crippen LogP contribution in [0.2, 0.25) is 0 Å². The largest absolute Gasteiger partial charge is 0.312 e. The number of unbranched alkanes of at least 4 members (excludes halogenated alkanes) is 3. The van der Waals surface area contributed by atoms with Gasteiger partial charge in [0.15, 0.2) is 0 Å². The highest BCUT2D eigenvalue weighted by molar-refractivity contribution is 7.05. The monoisotopic (exact) mass is 255 g/mol. The van der Waals surface area contributed by atoms with Crippen LogP contribution in [-0.4, -0.2) is 16.6 Å². The lowest BCUT2D eigenvalue weighted by atomic mass is 10.0. The molecule has 0 aliphatic carbocycles. The molecule has 17 heavy (non-hydrogen) atoms. The number of nitrogens with zero attached hydrogens (tertiary/aromatic N) is 2. The molecule has 1 rings (SSSR count). The Labute approximate surface area is 109 Å². The first kappa shape index (κ1) is 14.6. The molecule has 3 nitrogen and oxygen atoms in total. The summed E-state index contributed by atoms with van der Waals surface area (Å²) in [6.07, 6.45) is 6.45. The van der Waals surface area contributed by atoms with Gasteiger partial charge in [-0.3, -0.25) is 0 Å². The second-order valence-corrected chi connectivity index (χ2v) is 5.65. The molecule has 0 aliphatic heterocycles. The molecule has 4 heteroatoms. The van der Waals surface area contributed by atoms with Gasteiger partial charge in [0.1, 0.15) is 0 Å². The lowest BCUT2D eigenvalue weighted by Crippen LogP contribution is -2.17. The molecule has 1 N–H and O–H groups in total. The quantitative estimate of drug-likeness (QED) is 0.716. The first-order chi connectivity index (χ1) is 8.20. The Morgan fingerprint density at radius 2 is 2.00 bits per heavy atom. The predicted molar refractivity (Wildman–Crippen MR) is 74.6 cm³/mol. The van der Waals surface area contributed by atoms with E-state index in [1.807, 2.05) is 7.05 Å². The van der Waals surface area contributed by atoms with E-state index < -0.39 is 0 Å². The van der Waals surface area contributed by atoms with Crippen molar-refractivity contribution in [3.63, 3.8) is 0 Å². The van der Waals surface area contributed by atoms with Gasteiger partial charge in [-0.25, -0.2) is 0 Å². The lowest BCUT2D eigenvalue weighted by molar-refractivity contribution is 0.505. The van der Waals surface area contributed by atoms with Crippen molar-refractivity contribution < 1.29 is 0 Å². The maximum atomic E-state index is 4.26. The van der Waals surface area contributed by atoms with Gasteiger partial charge in [-0.05, 0) is 30.9 Å². The Morgan fingerprint density at radius 3 is 2.59 bits per heavy atom. The molecule has 98 valence electrons. The topological polar surface area (TPSA) is 37.8 Å². The molecule has 0 bridgehead atoms. The average molecular weight is 255 g/mol. The van der Waals surface area contributed by atoms with Gasteiger partial charge in [0.25, 0.3) is 0 Å². The Hall–Kier alpha value is -0.480. The van der Waals surface area contributed by atoms with Gasteiger partial charge in [-0.15, -0.1) is 5.10 Å². The standard InChI is InChI=1S/C13H25N3S/c1-5-6-7-8-9-11(14-4)13-12(10(2)3)15-16-17-13/h10-11,14H,5-9H2,1-4H3. The Bertz CT molecular complexity index is 309. The molecule has 0 fully saturated rings. The molecule has 0 saturated heterocycles. The van der Waals surface area contributed by atoms with Crippen molar-refractivity contribution in [1.82, 2.24) is 14.9 Å². The van der Waals surface area contributed by atoms with Crippen LogP contribution < -0.4 is 5.32 Å². The third kappa shape index (κ3) is 4.36. The molecule has 0 spiro atoms. The van der Waals surface area contributed by atoms with Crippen molar-refractivity contribution in [2.75, 3.05) is 7.05 Å². The maximum absolute atomic E-state index is 4.26. The third-order valence-electron chi connectivity index (χ3n) is 3.10. The number of hydrogen-bond acceptors (Lipinski definition) is 4. The Balaban J connectivity index is 2.56. The van der Waals surface area contributed by atoms with Crippen LogP contribution >= 0.6 is 11.5 Å². The van der Waals surface area contributed by atoms with E-state index in [2.05, 4.69) is 35.7 Å². The van der Waals surface area contributed by atoms with E-state index in [0.29, 0.717) is 12.0 Å². The van der Waals surface area contributed by atoms with Gasteiger partial charge < -0.3 is 5.32 Å². The molecule has 0 radical (unpaired) electrons. The van der Waals surface area contributed by atoms with Crippen LogP contribution in [0.15, 0.2) is 0 Å². The van der Waals surface area contributed by atoms with Gasteiger partial charge in [0.2, 0.25) is 0 Å². The minimum atomic E-state index is 0.434. The van der Waals surface area contributed by atoms with Crippen LogP contribution in [0.3, 0.4) is 0 Å². The van der Waals surface area contributed by atoms with Crippen LogP contribution in [0.25, 0.3) is 0 Å². The fraction of sp³-hybridized carbons (Fsp3) is 0.846. The zero-order valence-corrected chi connectivity index (χ0v) is 12.3. The number of aromatic nitrogens is 2. The Morgan fingerprint density at radius 1 is 1.24 bits per heavy atom. The van der Waals surface area contributed by atoms with E-state index >= 15 is 0 Å². The van der Waals surface area contributed by atoms with Crippen molar-refractivity contribution in [2.24, 2.45) is 0 Å². The minimum Gasteiger partial charge on any atom is -0.312 e. The molecule has 1 heterocycles. The first-order valence-electron chi connectivity index (χ1n) is 6.70. The maximum Gasteiger partial charge on any atom is 0.0829 e. The smallest absolute Gasteiger partial charge is 0.0829 e. The van der Waals surface area contributed by atoms with Crippen molar-refractivity contribution in [3.05, 3.63) is 10.6 Å². The molecular formula is C13H25N3S. The van der Waals surface area contributed by atoms with Gasteiger partial charge >= 0.3 is 0 Å². The van der Waals surface area contributed by atoms with Crippen molar-refractivity contribution in [2.45, 2.75) is 64.8 Å². The van der Waals surface area contributed by atoms with Crippen LogP contribution in [0.4, 0.5) is 0 Å². The Kier molecular flexibility index (Phi) is 6.66. The van der Waals surface area contributed by atoms with E-state index in [1.165, 1.54) is 42.7 Å². The molecule has 0 aromatic carbocycles. The normalized spacial score (nSPS) is 13.2. The van der Waals surface area contributed by atoms with Crippen molar-refractivity contribution in [1.29, 1.82) is 0 Å². The average Bonchev–Trinajstić information content (AvgIpc) is 2.78. The van der Waals surface area contributed by atoms with E-state index in [-0.39, 0.29) is 0 Å². The SMILES string of the molecule is CCCCCCC(NC)c1snnc1C(C)C. The summed E-state index contributed by atoms with van der Waals surface area (Å²) in [7, 11) is 2.04. The zero-order chi connectivity index (χ0) is 12.7. The summed E-state index contributed by atoms with van der Waals surface area (Å²) < 4.78 is 4.11. The number of hydrogen-bond donors (Lipinski definition) is 1. The van der Waals surface area contributed by atoms with Gasteiger partial charge in [0.05, 0.1) is 10.6 Å². The van der Waals surface area contributed by atoms with Crippen molar-refractivity contribution >= 4 is 11.5 Å². The molecular weight excluding hydrogens is 230 g/mol. The first-order valence-corrected chi connectivity index (χ1v) is 7.47. The summed E-state index contributed by atoms with van der Waals surface area (Å²) in [6, 6.07) is 0.434. The zero-order valence-electron chi connectivity index (χ0n) is 11.5. The predicted octanol–water partition coefficient (Wildman–Crippen LogP) is 3.89. The summed E-state index contributed by atoms with van der Waals surface area (Å²) in [5.74, 6) is 0.468. The summed E-state index contributed by atoms with van der Waals surface area (Å²) in [5, 5.41) is 7.66. The molecule has 0 amide bonds. The van der Waals surface area contributed by atoms with Gasteiger partial charge in [-0.1, -0.05) is 50.9 Å². The highest BCUT2D eigenvalue weighted by Crippen LogP contribution is 2.29. The van der Waals surface area contributed by atoms with E-state index in [0.717, 1.165) is 0 Å². The summed E-state index contributed by atoms with van der Waals surface area (Å²) in [4.78, 5) is 1.33. The second-order valence-electron chi connectivity index (χ2n) is 4.87. The van der Waals surface area contributed by atoms with E-state index in [4.69, 9.17) is 0 Å². The highest BCUT2D eigenvalue weighted by Gasteiger charge is 2.19. The molecule has 1 aromatic heterocycles.